The molecule has 0 saturated heterocycles. The molecule has 0 aliphatic rings. The van der Waals surface area contributed by atoms with Crippen LogP contribution in [0.4, 0.5) is 0 Å². The normalized spacial score (nSPS) is 10.3. The Kier molecular flexibility index (Phi) is 26.9. The van der Waals surface area contributed by atoms with Crippen LogP contribution < -0.4 is 34.7 Å². The van der Waals surface area contributed by atoms with Gasteiger partial charge in [-0.2, -0.15) is 8.42 Å². The Morgan fingerprint density at radius 2 is 1.36 bits per heavy atom. The van der Waals surface area contributed by atoms with Gasteiger partial charge in [0.05, 0.1) is 6.61 Å². The summed E-state index contributed by atoms with van der Waals surface area (Å²) in [6.07, 6.45) is 13.2. The molecule has 0 spiro atoms. The van der Waals surface area contributed by atoms with Gasteiger partial charge in [-0.15, -0.1) is 19.3 Å². The van der Waals surface area contributed by atoms with Crippen molar-refractivity contribution in [2.75, 3.05) is 13.2 Å². The molecule has 5 nitrogen and oxygen atoms in total. The van der Waals surface area contributed by atoms with Gasteiger partial charge in [0.2, 0.25) is 0 Å². The van der Waals surface area contributed by atoms with Crippen LogP contribution in [0.1, 0.15) is 71.1 Å². The molecule has 0 unspecified atom stereocenters. The minimum atomic E-state index is -4.23. The molecule has 0 saturated carbocycles. The fourth-order valence-corrected chi connectivity index (χ4v) is 2.08. The van der Waals surface area contributed by atoms with Crippen molar-refractivity contribution in [2.24, 2.45) is 0 Å². The minimum absolute atomic E-state index is 0. The molecule has 0 atom stereocenters. The first-order valence-electron chi connectivity index (χ1n) is 7.78. The Labute approximate surface area is 158 Å². The van der Waals surface area contributed by atoms with Crippen molar-refractivity contribution in [3.63, 3.8) is 0 Å². The number of unbranched alkanes of at least 4 members (excludes halogenated alkanes) is 9. The summed E-state index contributed by atoms with van der Waals surface area (Å²) in [5.74, 6) is 0. The molecule has 22 heavy (non-hydrogen) atoms. The van der Waals surface area contributed by atoms with E-state index in [9.17, 15) is 13.5 Å². The van der Waals surface area contributed by atoms with Crippen molar-refractivity contribution < 1.29 is 51.8 Å². The molecule has 0 rings (SSSR count). The van der Waals surface area contributed by atoms with E-state index >= 15 is 0 Å². The van der Waals surface area contributed by atoms with Gasteiger partial charge >= 0.3 is 40.0 Å². The van der Waals surface area contributed by atoms with E-state index in [2.05, 4.69) is 17.7 Å². The summed E-state index contributed by atoms with van der Waals surface area (Å²) in [6, 6.07) is 0. The van der Waals surface area contributed by atoms with Crippen LogP contribution in [0, 0.1) is 0 Å². The maximum atomic E-state index is 10.2. The largest absolute Gasteiger partial charge is 1.00 e. The first kappa shape index (κ1) is 27.4. The van der Waals surface area contributed by atoms with Crippen LogP contribution in [0.2, 0.25) is 0 Å². The van der Waals surface area contributed by atoms with Crippen molar-refractivity contribution in [1.82, 2.24) is 0 Å². The molecular weight excluding hydrogens is 315 g/mol. The third kappa shape index (κ3) is 32.5. The van der Waals surface area contributed by atoms with Gasteiger partial charge in [0, 0.05) is 0 Å². The van der Waals surface area contributed by atoms with Gasteiger partial charge in [0.1, 0.15) is 0 Å². The molecule has 0 bridgehead atoms. The van der Waals surface area contributed by atoms with E-state index in [1.54, 1.807) is 0 Å². The van der Waals surface area contributed by atoms with E-state index in [1.807, 2.05) is 0 Å². The van der Waals surface area contributed by atoms with Crippen LogP contribution in [0.3, 0.4) is 0 Å². The predicted molar refractivity (Wildman–Crippen MR) is 84.4 cm³/mol. The summed E-state index contributed by atoms with van der Waals surface area (Å²) in [4.78, 5) is 0. The molecule has 128 valence electrons. The van der Waals surface area contributed by atoms with Gasteiger partial charge in [-0.25, -0.2) is 4.18 Å². The molecule has 0 fully saturated rings. The standard InChI is InChI=1S/C12H26O4S.C3H5O.Na/c1-2-3-4-5-6-7-8-9-10-11-12-16-17(13,14)15;1-2-3-4;/h2-12H2,1H3,(H,13,14,15);2H,1,3H2;/q;-1;+1. The van der Waals surface area contributed by atoms with Crippen LogP contribution in [0.5, 0.6) is 0 Å². The first-order chi connectivity index (χ1) is 9.97. The van der Waals surface area contributed by atoms with Gasteiger partial charge in [-0.05, 0) is 6.42 Å². The van der Waals surface area contributed by atoms with Crippen LogP contribution in [-0.4, -0.2) is 26.2 Å². The van der Waals surface area contributed by atoms with Crippen molar-refractivity contribution in [1.29, 1.82) is 0 Å². The van der Waals surface area contributed by atoms with Crippen molar-refractivity contribution in [3.05, 3.63) is 12.7 Å². The topological polar surface area (TPSA) is 86.7 Å². The van der Waals surface area contributed by atoms with E-state index in [0.29, 0.717) is 6.42 Å². The molecule has 0 aliphatic carbocycles. The molecule has 0 aromatic carbocycles. The summed E-state index contributed by atoms with van der Waals surface area (Å²) >= 11 is 0. The van der Waals surface area contributed by atoms with Gasteiger partial charge in [0.25, 0.3) is 0 Å². The quantitative estimate of drug-likeness (QED) is 0.224. The SMILES string of the molecule is C=CC[O-].CCCCCCCCCCCCOS(=O)(=O)O.[Na+]. The fourth-order valence-electron chi connectivity index (χ4n) is 1.75. The molecule has 0 aromatic heterocycles. The average molecular weight is 346 g/mol. The van der Waals surface area contributed by atoms with Gasteiger partial charge in [0.15, 0.2) is 0 Å². The number of hydrogen-bond acceptors (Lipinski definition) is 4. The first-order valence-corrected chi connectivity index (χ1v) is 9.15. The Bertz CT molecular complexity index is 307. The fraction of sp³-hybridized carbons (Fsp3) is 0.867. The smallest absolute Gasteiger partial charge is 0.851 e. The third-order valence-corrected chi connectivity index (χ3v) is 3.31. The van der Waals surface area contributed by atoms with Crippen molar-refractivity contribution >= 4 is 10.4 Å². The van der Waals surface area contributed by atoms with Gasteiger partial charge < -0.3 is 5.11 Å². The Balaban J connectivity index is -0.000000640. The monoisotopic (exact) mass is 346 g/mol. The summed E-state index contributed by atoms with van der Waals surface area (Å²) in [6.45, 7) is 5.31. The zero-order chi connectivity index (χ0) is 16.4. The Morgan fingerprint density at radius 3 is 1.68 bits per heavy atom. The van der Waals surface area contributed by atoms with E-state index in [-0.39, 0.29) is 42.8 Å². The molecule has 1 N–H and O–H groups in total. The molecule has 0 amide bonds. The van der Waals surface area contributed by atoms with Gasteiger partial charge in [-0.1, -0.05) is 64.7 Å². The summed E-state index contributed by atoms with van der Waals surface area (Å²) in [7, 11) is -4.23. The number of hydrogen-bond donors (Lipinski definition) is 1. The maximum absolute atomic E-state index is 10.2. The average Bonchev–Trinajstić information content (AvgIpc) is 2.44. The van der Waals surface area contributed by atoms with Crippen molar-refractivity contribution in [2.45, 2.75) is 71.1 Å². The number of rotatable bonds is 13. The van der Waals surface area contributed by atoms with Crippen LogP contribution in [0.25, 0.3) is 0 Å². The van der Waals surface area contributed by atoms with E-state index < -0.39 is 10.4 Å². The summed E-state index contributed by atoms with van der Waals surface area (Å²) < 4.78 is 33.0. The second kappa shape index (κ2) is 21.6. The molecule has 0 radical (unpaired) electrons. The molecular formula is C15H31NaO5S. The van der Waals surface area contributed by atoms with Crippen LogP contribution in [0.15, 0.2) is 12.7 Å². The zero-order valence-electron chi connectivity index (χ0n) is 14.3. The van der Waals surface area contributed by atoms with Crippen LogP contribution >= 0.6 is 0 Å². The van der Waals surface area contributed by atoms with Crippen molar-refractivity contribution in [3.8, 4) is 0 Å². The minimum Gasteiger partial charge on any atom is -0.851 e. The molecule has 0 aliphatic heterocycles. The Morgan fingerprint density at radius 1 is 1.00 bits per heavy atom. The Hall–Kier alpha value is 0.570. The van der Waals surface area contributed by atoms with Gasteiger partial charge in [-0.3, -0.25) is 4.55 Å². The van der Waals surface area contributed by atoms with E-state index in [1.165, 1.54) is 51.0 Å². The summed E-state index contributed by atoms with van der Waals surface area (Å²) in [5.41, 5.74) is 0. The van der Waals surface area contributed by atoms with Crippen LogP contribution in [-0.2, 0) is 14.6 Å². The molecule has 0 heterocycles. The summed E-state index contributed by atoms with van der Waals surface area (Å²) in [5, 5.41) is 9.18. The maximum Gasteiger partial charge on any atom is 1.00 e. The molecule has 0 aromatic rings. The van der Waals surface area contributed by atoms with E-state index in [0.717, 1.165) is 12.8 Å². The zero-order valence-corrected chi connectivity index (χ0v) is 17.1. The third-order valence-electron chi connectivity index (χ3n) is 2.85. The molecule has 7 heteroatoms. The predicted octanol–water partition coefficient (Wildman–Crippen LogP) is 0.263. The second-order valence-electron chi connectivity index (χ2n) is 4.89. The second-order valence-corrected chi connectivity index (χ2v) is 5.98. The van der Waals surface area contributed by atoms with E-state index in [4.69, 9.17) is 4.55 Å².